The minimum absolute atomic E-state index is 0.0979. The van der Waals surface area contributed by atoms with Crippen LogP contribution in [0.3, 0.4) is 0 Å². The van der Waals surface area contributed by atoms with Crippen molar-refractivity contribution in [3.63, 3.8) is 0 Å². The molecule has 0 radical (unpaired) electrons. The molecular weight excluding hydrogens is 568 g/mol. The van der Waals surface area contributed by atoms with Gasteiger partial charge in [-0.1, -0.05) is 96.5 Å². The van der Waals surface area contributed by atoms with Gasteiger partial charge < -0.3 is 9.84 Å². The van der Waals surface area contributed by atoms with Gasteiger partial charge in [-0.25, -0.2) is 4.79 Å². The van der Waals surface area contributed by atoms with Crippen LogP contribution in [0.2, 0.25) is 0 Å². The van der Waals surface area contributed by atoms with Gasteiger partial charge in [0.05, 0.1) is 5.60 Å². The van der Waals surface area contributed by atoms with Crippen molar-refractivity contribution in [2.24, 2.45) is 0 Å². The van der Waals surface area contributed by atoms with Crippen molar-refractivity contribution >= 4 is 40.7 Å². The van der Waals surface area contributed by atoms with E-state index < -0.39 is 41.6 Å². The van der Waals surface area contributed by atoms with Crippen LogP contribution >= 0.6 is 18.9 Å². The average molecular weight is 599 g/mol. The molecule has 0 aliphatic heterocycles. The summed E-state index contributed by atoms with van der Waals surface area (Å²) in [6, 6.07) is 32.5. The van der Waals surface area contributed by atoms with Crippen LogP contribution in [0.5, 0.6) is 0 Å². The second-order valence-corrected chi connectivity index (χ2v) is 15.2. The van der Waals surface area contributed by atoms with E-state index in [2.05, 4.69) is 0 Å². The van der Waals surface area contributed by atoms with Crippen LogP contribution in [-0.4, -0.2) is 28.0 Å². The first kappa shape index (κ1) is 30.8. The summed E-state index contributed by atoms with van der Waals surface area (Å²) in [5.41, 5.74) is -5.17. The largest absolute Gasteiger partial charge is 0.838 e. The molecular formula is C33H31ClF3O3P. The Labute approximate surface area is 244 Å². The molecule has 0 saturated carbocycles. The van der Waals surface area contributed by atoms with Gasteiger partial charge in [-0.05, 0) is 69.2 Å². The van der Waals surface area contributed by atoms with Crippen molar-refractivity contribution in [2.75, 3.05) is 0 Å². The summed E-state index contributed by atoms with van der Waals surface area (Å²) in [7, 11) is -4.01. The van der Waals surface area contributed by atoms with Crippen LogP contribution in [0.15, 0.2) is 121 Å². The zero-order valence-corrected chi connectivity index (χ0v) is 24.6. The van der Waals surface area contributed by atoms with Crippen LogP contribution in [0.25, 0.3) is 0 Å². The number of esters is 1. The summed E-state index contributed by atoms with van der Waals surface area (Å²) in [6.07, 6.45) is -6.56. The number of halogens is 4. The molecule has 0 amide bonds. The van der Waals surface area contributed by atoms with E-state index in [0.29, 0.717) is 15.9 Å². The molecule has 0 N–H and O–H groups in total. The molecule has 4 aromatic carbocycles. The third-order valence-electron chi connectivity index (χ3n) is 6.85. The lowest BCUT2D eigenvalue weighted by Crippen LogP contribution is -2.76. The van der Waals surface area contributed by atoms with E-state index in [1.807, 2.05) is 0 Å². The van der Waals surface area contributed by atoms with E-state index in [9.17, 15) is 4.79 Å². The minimum atomic E-state index is -5.47. The van der Waals surface area contributed by atoms with Gasteiger partial charge >= 0.3 is 12.1 Å². The highest BCUT2D eigenvalue weighted by atomic mass is 35.5. The quantitative estimate of drug-likeness (QED) is 0.139. The predicted octanol–water partition coefficient (Wildman–Crippen LogP) is 6.16. The van der Waals surface area contributed by atoms with E-state index in [0.717, 1.165) is 0 Å². The Morgan fingerprint density at radius 1 is 0.707 bits per heavy atom. The van der Waals surface area contributed by atoms with Gasteiger partial charge in [0, 0.05) is 0 Å². The molecule has 0 saturated heterocycles. The summed E-state index contributed by atoms with van der Waals surface area (Å²) in [6.45, 7) is 4.60. The standard InChI is InChI=1S/C33H31ClF3O3P/c1-30(2,3)40-29(38)32(34,31(39,33(35,36)37)24-25-16-8-4-9-17-25)41(26-18-10-5-11-19-26,27-20-12-6-13-21-27)28-22-14-7-15-23-28/h4-23H,24H2,1-3H3. The maximum absolute atomic E-state index is 15.6. The number of hydrogen-bond donors (Lipinski definition) is 0. The van der Waals surface area contributed by atoms with E-state index in [4.69, 9.17) is 16.3 Å². The van der Waals surface area contributed by atoms with Crippen LogP contribution in [0.1, 0.15) is 26.3 Å². The van der Waals surface area contributed by atoms with Gasteiger partial charge in [0.1, 0.15) is 28.8 Å². The highest BCUT2D eigenvalue weighted by Gasteiger charge is 2.78. The van der Waals surface area contributed by atoms with E-state index >= 15 is 18.3 Å². The lowest BCUT2D eigenvalue weighted by atomic mass is 9.89. The van der Waals surface area contributed by atoms with Gasteiger partial charge in [0.25, 0.3) is 4.62 Å². The Balaban J connectivity index is 2.26. The lowest BCUT2D eigenvalue weighted by Gasteiger charge is -2.55. The van der Waals surface area contributed by atoms with Gasteiger partial charge in [-0.3, -0.25) is 0 Å². The monoisotopic (exact) mass is 598 g/mol. The summed E-state index contributed by atoms with van der Waals surface area (Å²) >= 11 is 7.41. The molecule has 0 spiro atoms. The molecule has 4 aromatic rings. The number of carbonyl (C=O) groups is 1. The minimum Gasteiger partial charge on any atom is -0.838 e. The molecule has 0 aliphatic rings. The Morgan fingerprint density at radius 2 is 1.05 bits per heavy atom. The third-order valence-corrected chi connectivity index (χ3v) is 12.8. The maximum atomic E-state index is 15.6. The lowest BCUT2D eigenvalue weighted by molar-refractivity contribution is -0.540. The Kier molecular flexibility index (Phi) is 8.71. The predicted molar refractivity (Wildman–Crippen MR) is 159 cm³/mol. The second-order valence-electron chi connectivity index (χ2n) is 10.8. The molecule has 4 rings (SSSR count). The molecule has 0 aliphatic carbocycles. The van der Waals surface area contributed by atoms with Crippen LogP contribution in [-0.2, 0) is 16.0 Å². The van der Waals surface area contributed by atoms with Crippen molar-refractivity contribution in [3.05, 3.63) is 127 Å². The Morgan fingerprint density at radius 3 is 1.37 bits per heavy atom. The van der Waals surface area contributed by atoms with Crippen molar-refractivity contribution in [2.45, 2.75) is 49.2 Å². The fourth-order valence-corrected chi connectivity index (χ4v) is 11.1. The molecule has 0 bridgehead atoms. The first-order valence-corrected chi connectivity index (χ1v) is 15.2. The maximum Gasteiger partial charge on any atom is 0.386 e. The first-order chi connectivity index (χ1) is 19.3. The molecule has 41 heavy (non-hydrogen) atoms. The van der Waals surface area contributed by atoms with Crippen LogP contribution in [0, 0.1) is 0 Å². The van der Waals surface area contributed by atoms with E-state index in [-0.39, 0.29) is 5.56 Å². The number of benzene rings is 4. The summed E-state index contributed by atoms with van der Waals surface area (Å²) in [5.74, 6) is -1.42. The summed E-state index contributed by atoms with van der Waals surface area (Å²) in [5, 5.41) is 16.1. The summed E-state index contributed by atoms with van der Waals surface area (Å²) < 4.78 is 49.2. The number of ether oxygens (including phenoxy) is 1. The Bertz CT molecular complexity index is 1350. The van der Waals surface area contributed by atoms with E-state index in [1.54, 1.807) is 109 Å². The number of carbonyl (C=O) groups excluding carboxylic acids is 1. The molecule has 8 heteroatoms. The highest BCUT2D eigenvalue weighted by molar-refractivity contribution is 7.98. The van der Waals surface area contributed by atoms with Gasteiger partial charge in [-0.2, -0.15) is 13.2 Å². The zero-order valence-electron chi connectivity index (χ0n) is 22.9. The van der Waals surface area contributed by atoms with Crippen molar-refractivity contribution in [3.8, 4) is 0 Å². The number of alkyl halides is 4. The first-order valence-electron chi connectivity index (χ1n) is 13.1. The summed E-state index contributed by atoms with van der Waals surface area (Å²) in [4.78, 5) is 14.5. The van der Waals surface area contributed by atoms with Gasteiger partial charge in [-0.15, -0.1) is 0 Å². The highest BCUT2D eigenvalue weighted by Crippen LogP contribution is 2.73. The molecule has 214 valence electrons. The normalized spacial score (nSPS) is 15.4. The molecule has 0 heterocycles. The topological polar surface area (TPSA) is 49.4 Å². The fraction of sp³-hybridized carbons (Fsp3) is 0.242. The molecule has 3 nitrogen and oxygen atoms in total. The number of rotatable bonds is 8. The van der Waals surface area contributed by atoms with Gasteiger partial charge in [0.15, 0.2) is 0 Å². The third kappa shape index (κ3) is 5.53. The van der Waals surface area contributed by atoms with Crippen molar-refractivity contribution < 1.29 is 27.8 Å². The Hall–Kier alpha value is -3.18. The molecule has 0 aromatic heterocycles. The second kappa shape index (κ2) is 11.6. The van der Waals surface area contributed by atoms with Crippen LogP contribution < -0.4 is 21.0 Å². The SMILES string of the molecule is CC(C)(C)OC(=O)C(Cl)(C([O-])(Cc1ccccc1)C(F)(F)F)[P+](c1ccccc1)(c1ccccc1)c1ccccc1. The zero-order chi connectivity index (χ0) is 29.9. The van der Waals surface area contributed by atoms with Gasteiger partial charge in [0.2, 0.25) is 0 Å². The average Bonchev–Trinajstić information content (AvgIpc) is 2.94. The van der Waals surface area contributed by atoms with Crippen LogP contribution in [0.4, 0.5) is 13.2 Å². The fourth-order valence-electron chi connectivity index (χ4n) is 5.14. The molecule has 2 atom stereocenters. The van der Waals surface area contributed by atoms with Crippen molar-refractivity contribution in [1.29, 1.82) is 0 Å². The van der Waals surface area contributed by atoms with E-state index in [1.165, 1.54) is 32.9 Å². The molecule has 0 fully saturated rings. The van der Waals surface area contributed by atoms with Crippen molar-refractivity contribution in [1.82, 2.24) is 0 Å². The molecule has 2 unspecified atom stereocenters. The smallest absolute Gasteiger partial charge is 0.386 e. The number of hydrogen-bond acceptors (Lipinski definition) is 3.